The molecule has 0 saturated carbocycles. The maximum absolute atomic E-state index is 13.5. The zero-order valence-electron chi connectivity index (χ0n) is 17.8. The highest BCUT2D eigenvalue weighted by atomic mass is 32.1. The smallest absolute Gasteiger partial charge is 0.257 e. The van der Waals surface area contributed by atoms with Crippen molar-refractivity contribution >= 4 is 17.2 Å². The Bertz CT molecular complexity index is 1150. The summed E-state index contributed by atoms with van der Waals surface area (Å²) in [6.07, 6.45) is 3.74. The molecule has 1 saturated heterocycles. The summed E-state index contributed by atoms with van der Waals surface area (Å²) in [7, 11) is 0. The van der Waals surface area contributed by atoms with E-state index in [0.29, 0.717) is 25.2 Å². The number of hydrogen-bond donors (Lipinski definition) is 0. The second kappa shape index (κ2) is 9.46. The molecule has 32 heavy (non-hydrogen) atoms. The summed E-state index contributed by atoms with van der Waals surface area (Å²) >= 11 is 1.61. The van der Waals surface area contributed by atoms with Crippen molar-refractivity contribution in [2.75, 3.05) is 26.2 Å². The first-order chi connectivity index (χ1) is 15.8. The van der Waals surface area contributed by atoms with Crippen LogP contribution in [0.5, 0.6) is 0 Å². The van der Waals surface area contributed by atoms with Crippen molar-refractivity contribution in [1.82, 2.24) is 24.6 Å². The van der Waals surface area contributed by atoms with E-state index in [0.717, 1.165) is 41.5 Å². The number of amides is 1. The van der Waals surface area contributed by atoms with Crippen LogP contribution in [0.2, 0.25) is 0 Å². The molecule has 0 aliphatic carbocycles. The van der Waals surface area contributed by atoms with Gasteiger partial charge in [-0.05, 0) is 29.1 Å². The lowest BCUT2D eigenvalue weighted by molar-refractivity contribution is 0.0627. The Balaban J connectivity index is 1.31. The first-order valence-corrected chi connectivity index (χ1v) is 11.7. The van der Waals surface area contributed by atoms with Crippen molar-refractivity contribution in [3.63, 3.8) is 0 Å². The Morgan fingerprint density at radius 3 is 2.44 bits per heavy atom. The lowest BCUT2D eigenvalue weighted by Gasteiger charge is -2.34. The van der Waals surface area contributed by atoms with E-state index in [1.165, 1.54) is 0 Å². The van der Waals surface area contributed by atoms with E-state index in [-0.39, 0.29) is 5.91 Å². The Kier molecular flexibility index (Phi) is 6.09. The molecule has 3 aromatic heterocycles. The third kappa shape index (κ3) is 4.64. The molecule has 1 aliphatic rings. The van der Waals surface area contributed by atoms with Gasteiger partial charge in [0.2, 0.25) is 0 Å². The molecular formula is C25H25N5OS. The largest absolute Gasteiger partial charge is 0.336 e. The minimum absolute atomic E-state index is 0.0604. The second-order valence-corrected chi connectivity index (χ2v) is 8.89. The third-order valence-electron chi connectivity index (χ3n) is 5.71. The number of rotatable bonds is 6. The standard InChI is InChI=1S/C25H25N5OS/c31-25(29-14-12-28(13-15-29)18-21-9-4-5-11-26-21)22-19-30(17-20-7-2-1-3-8-20)27-24(22)23-10-6-16-32-23/h1-11,16,19H,12-15,17-18H2. The Labute approximate surface area is 191 Å². The molecule has 7 heteroatoms. The summed E-state index contributed by atoms with van der Waals surface area (Å²) < 4.78 is 1.88. The van der Waals surface area contributed by atoms with Gasteiger partial charge < -0.3 is 4.90 Å². The topological polar surface area (TPSA) is 54.3 Å². The van der Waals surface area contributed by atoms with Gasteiger partial charge in [-0.1, -0.05) is 42.5 Å². The molecule has 5 rings (SSSR count). The number of carbonyl (C=O) groups is 1. The summed E-state index contributed by atoms with van der Waals surface area (Å²) in [6, 6.07) is 20.2. The fourth-order valence-corrected chi connectivity index (χ4v) is 4.75. The van der Waals surface area contributed by atoms with Gasteiger partial charge in [-0.2, -0.15) is 5.10 Å². The van der Waals surface area contributed by atoms with Gasteiger partial charge in [0.25, 0.3) is 5.91 Å². The maximum atomic E-state index is 13.5. The van der Waals surface area contributed by atoms with Crippen LogP contribution in [0.3, 0.4) is 0 Å². The number of hydrogen-bond acceptors (Lipinski definition) is 5. The average molecular weight is 444 g/mol. The van der Waals surface area contributed by atoms with Crippen molar-refractivity contribution in [2.24, 2.45) is 0 Å². The maximum Gasteiger partial charge on any atom is 0.257 e. The highest BCUT2D eigenvalue weighted by molar-refractivity contribution is 7.13. The fraction of sp³-hybridized carbons (Fsp3) is 0.240. The van der Waals surface area contributed by atoms with Crippen LogP contribution >= 0.6 is 11.3 Å². The number of nitrogens with zero attached hydrogens (tertiary/aromatic N) is 5. The van der Waals surface area contributed by atoms with Gasteiger partial charge in [0.05, 0.1) is 22.7 Å². The zero-order chi connectivity index (χ0) is 21.8. The highest BCUT2D eigenvalue weighted by Gasteiger charge is 2.27. The van der Waals surface area contributed by atoms with Crippen LogP contribution in [0, 0.1) is 0 Å². The SMILES string of the molecule is O=C(c1cn(Cc2ccccc2)nc1-c1cccs1)N1CCN(Cc2ccccn2)CC1. The van der Waals surface area contributed by atoms with Crippen LogP contribution in [-0.4, -0.2) is 56.7 Å². The molecule has 1 amide bonds. The lowest BCUT2D eigenvalue weighted by Crippen LogP contribution is -2.48. The number of benzene rings is 1. The fourth-order valence-electron chi connectivity index (χ4n) is 4.02. The molecule has 162 valence electrons. The molecule has 0 atom stereocenters. The lowest BCUT2D eigenvalue weighted by atomic mass is 10.1. The van der Waals surface area contributed by atoms with Gasteiger partial charge in [0.1, 0.15) is 5.69 Å². The predicted molar refractivity (Wildman–Crippen MR) is 127 cm³/mol. The van der Waals surface area contributed by atoms with Crippen LogP contribution in [0.4, 0.5) is 0 Å². The Morgan fingerprint density at radius 1 is 0.906 bits per heavy atom. The number of piperazine rings is 1. The Hall–Kier alpha value is -3.29. The van der Waals surface area contributed by atoms with Crippen molar-refractivity contribution < 1.29 is 4.79 Å². The van der Waals surface area contributed by atoms with E-state index < -0.39 is 0 Å². The van der Waals surface area contributed by atoms with E-state index in [9.17, 15) is 4.79 Å². The Morgan fingerprint density at radius 2 is 1.72 bits per heavy atom. The average Bonchev–Trinajstić information content (AvgIpc) is 3.51. The molecule has 0 N–H and O–H groups in total. The van der Waals surface area contributed by atoms with Gasteiger partial charge in [-0.25, -0.2) is 0 Å². The number of thiophene rings is 1. The second-order valence-electron chi connectivity index (χ2n) is 7.94. The highest BCUT2D eigenvalue weighted by Crippen LogP contribution is 2.28. The van der Waals surface area contributed by atoms with Gasteiger partial charge in [-0.15, -0.1) is 11.3 Å². The molecule has 1 fully saturated rings. The quantitative estimate of drug-likeness (QED) is 0.452. The summed E-state index contributed by atoms with van der Waals surface area (Å²) in [4.78, 5) is 23.2. The molecule has 0 unspecified atom stereocenters. The van der Waals surface area contributed by atoms with Crippen LogP contribution in [0.15, 0.2) is 78.4 Å². The third-order valence-corrected chi connectivity index (χ3v) is 6.58. The normalized spacial score (nSPS) is 14.6. The molecule has 6 nitrogen and oxygen atoms in total. The number of pyridine rings is 1. The predicted octanol–water partition coefficient (Wildman–Crippen LogP) is 4.01. The molecule has 0 bridgehead atoms. The first-order valence-electron chi connectivity index (χ1n) is 10.8. The number of aromatic nitrogens is 3. The van der Waals surface area contributed by atoms with E-state index in [4.69, 9.17) is 5.10 Å². The van der Waals surface area contributed by atoms with Gasteiger partial charge >= 0.3 is 0 Å². The molecule has 1 aromatic carbocycles. The van der Waals surface area contributed by atoms with Crippen LogP contribution in [-0.2, 0) is 13.1 Å². The van der Waals surface area contributed by atoms with E-state index in [1.54, 1.807) is 11.3 Å². The molecule has 4 heterocycles. The van der Waals surface area contributed by atoms with Crippen molar-refractivity contribution in [2.45, 2.75) is 13.1 Å². The molecule has 4 aromatic rings. The summed E-state index contributed by atoms with van der Waals surface area (Å²) in [6.45, 7) is 4.56. The van der Waals surface area contributed by atoms with Crippen LogP contribution < -0.4 is 0 Å². The van der Waals surface area contributed by atoms with E-state index in [2.05, 4.69) is 22.0 Å². The van der Waals surface area contributed by atoms with Crippen molar-refractivity contribution in [3.05, 3.63) is 95.3 Å². The minimum Gasteiger partial charge on any atom is -0.336 e. The van der Waals surface area contributed by atoms with Crippen molar-refractivity contribution in [1.29, 1.82) is 0 Å². The van der Waals surface area contributed by atoms with E-state index in [1.807, 2.05) is 75.9 Å². The number of carbonyl (C=O) groups excluding carboxylic acids is 1. The van der Waals surface area contributed by atoms with E-state index >= 15 is 0 Å². The minimum atomic E-state index is 0.0604. The molecule has 1 aliphatic heterocycles. The van der Waals surface area contributed by atoms with Gasteiger partial charge in [0, 0.05) is 45.1 Å². The first kappa shape index (κ1) is 20.6. The van der Waals surface area contributed by atoms with Gasteiger partial charge in [0.15, 0.2) is 0 Å². The molecule has 0 radical (unpaired) electrons. The summed E-state index contributed by atoms with van der Waals surface area (Å²) in [5.41, 5.74) is 3.68. The zero-order valence-corrected chi connectivity index (χ0v) is 18.6. The van der Waals surface area contributed by atoms with Crippen LogP contribution in [0.25, 0.3) is 10.6 Å². The van der Waals surface area contributed by atoms with Crippen LogP contribution in [0.1, 0.15) is 21.6 Å². The molecule has 0 spiro atoms. The van der Waals surface area contributed by atoms with Gasteiger partial charge in [-0.3, -0.25) is 19.4 Å². The van der Waals surface area contributed by atoms with Crippen molar-refractivity contribution in [3.8, 4) is 10.6 Å². The monoisotopic (exact) mass is 443 g/mol. The molecular weight excluding hydrogens is 418 g/mol. The summed E-state index contributed by atoms with van der Waals surface area (Å²) in [5.74, 6) is 0.0604. The summed E-state index contributed by atoms with van der Waals surface area (Å²) in [5, 5.41) is 6.82.